The number of nitrogens with zero attached hydrogens (tertiary/aromatic N) is 1. The van der Waals surface area contributed by atoms with E-state index >= 15 is 0 Å². The van der Waals surface area contributed by atoms with E-state index < -0.39 is 0 Å². The van der Waals surface area contributed by atoms with Crippen LogP contribution in [0.2, 0.25) is 8.67 Å². The summed E-state index contributed by atoms with van der Waals surface area (Å²) in [6.07, 6.45) is -0.215. The third-order valence-electron chi connectivity index (χ3n) is 2.75. The molecular formula is C11H13Cl2NO3S. The number of hydrogen-bond acceptors (Lipinski definition) is 5. The van der Waals surface area contributed by atoms with Gasteiger partial charge in [-0.05, 0) is 6.07 Å². The molecule has 1 unspecified atom stereocenters. The molecule has 0 amide bonds. The van der Waals surface area contributed by atoms with Crippen LogP contribution in [0.15, 0.2) is 6.07 Å². The average Bonchev–Trinajstić information content (AvgIpc) is 2.69. The van der Waals surface area contributed by atoms with Crippen LogP contribution in [0.3, 0.4) is 0 Å². The van der Waals surface area contributed by atoms with Crippen molar-refractivity contribution >= 4 is 40.3 Å². The molecule has 1 atom stereocenters. The second kappa shape index (κ2) is 6.32. The lowest BCUT2D eigenvalue weighted by molar-refractivity contribution is -0.0503. The van der Waals surface area contributed by atoms with Gasteiger partial charge in [-0.2, -0.15) is 0 Å². The zero-order valence-electron chi connectivity index (χ0n) is 9.57. The molecule has 2 rings (SSSR count). The van der Waals surface area contributed by atoms with Crippen LogP contribution in [0.25, 0.3) is 0 Å². The quantitative estimate of drug-likeness (QED) is 0.864. The number of ketones is 1. The van der Waals surface area contributed by atoms with Gasteiger partial charge in [0.05, 0.1) is 35.8 Å². The van der Waals surface area contributed by atoms with Gasteiger partial charge >= 0.3 is 0 Å². The van der Waals surface area contributed by atoms with E-state index in [9.17, 15) is 4.79 Å². The third kappa shape index (κ3) is 3.44. The summed E-state index contributed by atoms with van der Waals surface area (Å²) in [5, 5.41) is 9.03. The van der Waals surface area contributed by atoms with Gasteiger partial charge in [0.2, 0.25) is 0 Å². The number of ether oxygens (including phenoxy) is 1. The summed E-state index contributed by atoms with van der Waals surface area (Å²) in [6.45, 7) is 1.99. The van der Waals surface area contributed by atoms with Crippen LogP contribution in [-0.2, 0) is 4.74 Å². The fourth-order valence-electron chi connectivity index (χ4n) is 1.85. The van der Waals surface area contributed by atoms with E-state index in [0.717, 1.165) is 0 Å². The highest BCUT2D eigenvalue weighted by molar-refractivity contribution is 7.20. The Kier molecular flexibility index (Phi) is 5.00. The molecule has 18 heavy (non-hydrogen) atoms. The van der Waals surface area contributed by atoms with Gasteiger partial charge in [-0.15, -0.1) is 11.3 Å². The SMILES string of the molecule is O=C(CN1CCOC(CO)C1)c1cc(Cl)sc1Cl. The lowest BCUT2D eigenvalue weighted by Crippen LogP contribution is -2.45. The van der Waals surface area contributed by atoms with Crippen molar-refractivity contribution in [2.45, 2.75) is 6.10 Å². The van der Waals surface area contributed by atoms with E-state index in [1.54, 1.807) is 6.07 Å². The molecule has 7 heteroatoms. The molecule has 1 aliphatic heterocycles. The Balaban J connectivity index is 1.97. The maximum Gasteiger partial charge on any atom is 0.179 e. The van der Waals surface area contributed by atoms with Gasteiger partial charge in [-0.25, -0.2) is 0 Å². The van der Waals surface area contributed by atoms with E-state index in [0.29, 0.717) is 33.9 Å². The van der Waals surface area contributed by atoms with Crippen LogP contribution >= 0.6 is 34.5 Å². The summed E-state index contributed by atoms with van der Waals surface area (Å²) >= 11 is 12.9. The molecule has 0 aromatic carbocycles. The van der Waals surface area contributed by atoms with Crippen molar-refractivity contribution in [3.63, 3.8) is 0 Å². The summed E-state index contributed by atoms with van der Waals surface area (Å²) in [5.41, 5.74) is 0.471. The molecule has 0 saturated carbocycles. The standard InChI is InChI=1S/C11H13Cl2NO3S/c12-10-3-8(11(13)18-10)9(16)5-14-1-2-17-7(4-14)6-15/h3,7,15H,1-2,4-6H2. The molecule has 4 nitrogen and oxygen atoms in total. The van der Waals surface area contributed by atoms with Crippen LogP contribution < -0.4 is 0 Å². The Morgan fingerprint density at radius 2 is 2.39 bits per heavy atom. The van der Waals surface area contributed by atoms with Gasteiger partial charge in [0.1, 0.15) is 4.34 Å². The Morgan fingerprint density at radius 1 is 1.61 bits per heavy atom. The fourth-order valence-corrected chi connectivity index (χ4v) is 3.35. The Morgan fingerprint density at radius 3 is 3.00 bits per heavy atom. The number of Topliss-reactive ketones (excluding diaryl/α,β-unsaturated/α-hetero) is 1. The molecule has 1 aromatic heterocycles. The number of halogens is 2. The molecule has 2 heterocycles. The van der Waals surface area contributed by atoms with Crippen LogP contribution in [-0.4, -0.2) is 54.7 Å². The van der Waals surface area contributed by atoms with Crippen LogP contribution in [0.1, 0.15) is 10.4 Å². The summed E-state index contributed by atoms with van der Waals surface area (Å²) in [5.74, 6) is -0.0539. The minimum atomic E-state index is -0.215. The van der Waals surface area contributed by atoms with Crippen molar-refractivity contribution in [3.8, 4) is 0 Å². The van der Waals surface area contributed by atoms with Crippen LogP contribution in [0.5, 0.6) is 0 Å². The first-order chi connectivity index (χ1) is 8.60. The number of aliphatic hydroxyl groups excluding tert-OH is 1. The first-order valence-electron chi connectivity index (χ1n) is 5.53. The van der Waals surface area contributed by atoms with E-state index in [1.165, 1.54) is 11.3 Å². The normalized spacial score (nSPS) is 21.2. The first kappa shape index (κ1) is 14.2. The summed E-state index contributed by atoms with van der Waals surface area (Å²) < 4.78 is 6.26. The van der Waals surface area contributed by atoms with Gasteiger partial charge < -0.3 is 9.84 Å². The summed E-state index contributed by atoms with van der Waals surface area (Å²) in [6, 6.07) is 1.60. The number of carbonyl (C=O) groups is 1. The minimum absolute atomic E-state index is 0.0320. The fraction of sp³-hybridized carbons (Fsp3) is 0.545. The predicted octanol–water partition coefficient (Wildman–Crippen LogP) is 1.93. The molecule has 1 aliphatic rings. The zero-order valence-corrected chi connectivity index (χ0v) is 11.9. The van der Waals surface area contributed by atoms with Crippen molar-refractivity contribution in [1.82, 2.24) is 4.90 Å². The minimum Gasteiger partial charge on any atom is -0.394 e. The number of thiophene rings is 1. The molecule has 0 bridgehead atoms. The molecule has 0 aliphatic carbocycles. The average molecular weight is 310 g/mol. The Hall–Kier alpha value is -0.170. The van der Waals surface area contributed by atoms with E-state index in [2.05, 4.69) is 0 Å². The smallest absolute Gasteiger partial charge is 0.179 e. The lowest BCUT2D eigenvalue weighted by Gasteiger charge is -2.31. The monoisotopic (exact) mass is 309 g/mol. The molecule has 100 valence electrons. The molecule has 0 radical (unpaired) electrons. The third-order valence-corrected chi connectivity index (χ3v) is 4.24. The molecule has 1 aromatic rings. The molecule has 1 N–H and O–H groups in total. The van der Waals surface area contributed by atoms with Crippen molar-refractivity contribution in [3.05, 3.63) is 20.3 Å². The number of rotatable bonds is 4. The van der Waals surface area contributed by atoms with Crippen molar-refractivity contribution < 1.29 is 14.6 Å². The molecule has 1 saturated heterocycles. The van der Waals surface area contributed by atoms with E-state index in [1.807, 2.05) is 4.90 Å². The van der Waals surface area contributed by atoms with Gasteiger partial charge in [-0.3, -0.25) is 9.69 Å². The van der Waals surface area contributed by atoms with Crippen LogP contribution in [0.4, 0.5) is 0 Å². The van der Waals surface area contributed by atoms with Crippen molar-refractivity contribution in [2.75, 3.05) is 32.8 Å². The number of hydrogen-bond donors (Lipinski definition) is 1. The number of carbonyl (C=O) groups excluding carboxylic acids is 1. The lowest BCUT2D eigenvalue weighted by atomic mass is 10.2. The second-order valence-corrected chi connectivity index (χ2v) is 6.36. The highest BCUT2D eigenvalue weighted by Crippen LogP contribution is 2.31. The highest BCUT2D eigenvalue weighted by Gasteiger charge is 2.23. The van der Waals surface area contributed by atoms with Crippen molar-refractivity contribution in [1.29, 1.82) is 0 Å². The summed E-state index contributed by atoms with van der Waals surface area (Å²) in [4.78, 5) is 14.0. The van der Waals surface area contributed by atoms with E-state index in [4.69, 9.17) is 33.0 Å². The molecule has 1 fully saturated rings. The zero-order chi connectivity index (χ0) is 13.1. The van der Waals surface area contributed by atoms with E-state index in [-0.39, 0.29) is 25.0 Å². The second-order valence-electron chi connectivity index (χ2n) is 4.07. The molecular weight excluding hydrogens is 297 g/mol. The maximum absolute atomic E-state index is 12.1. The topological polar surface area (TPSA) is 49.8 Å². The van der Waals surface area contributed by atoms with Crippen LogP contribution in [0, 0.1) is 0 Å². The summed E-state index contributed by atoms with van der Waals surface area (Å²) in [7, 11) is 0. The van der Waals surface area contributed by atoms with Gasteiger partial charge in [-0.1, -0.05) is 23.2 Å². The van der Waals surface area contributed by atoms with Gasteiger partial charge in [0.15, 0.2) is 5.78 Å². The van der Waals surface area contributed by atoms with Crippen molar-refractivity contribution in [2.24, 2.45) is 0 Å². The van der Waals surface area contributed by atoms with Gasteiger partial charge in [0.25, 0.3) is 0 Å². The molecule has 0 spiro atoms. The number of aliphatic hydroxyl groups is 1. The predicted molar refractivity (Wildman–Crippen MR) is 71.9 cm³/mol. The Labute approximate surface area is 119 Å². The van der Waals surface area contributed by atoms with Gasteiger partial charge in [0, 0.05) is 13.1 Å². The highest BCUT2D eigenvalue weighted by atomic mass is 35.5. The largest absolute Gasteiger partial charge is 0.394 e. The Bertz CT molecular complexity index is 438. The first-order valence-corrected chi connectivity index (χ1v) is 7.10. The maximum atomic E-state index is 12.1. The number of morpholine rings is 1.